The van der Waals surface area contributed by atoms with Gasteiger partial charge in [-0.1, -0.05) is 0 Å². The standard InChI is InChI=1S/C11H7Br2FN2S/c12-9-5-10(13)16-11(15-9)6-17-8-3-1-7(14)2-4-8/h1-5H,6H2. The van der Waals surface area contributed by atoms with E-state index in [2.05, 4.69) is 41.8 Å². The lowest BCUT2D eigenvalue weighted by atomic mass is 10.4. The van der Waals surface area contributed by atoms with E-state index in [9.17, 15) is 4.39 Å². The molecule has 0 aliphatic heterocycles. The summed E-state index contributed by atoms with van der Waals surface area (Å²) in [6.07, 6.45) is 0. The topological polar surface area (TPSA) is 25.8 Å². The highest BCUT2D eigenvalue weighted by molar-refractivity contribution is 9.11. The van der Waals surface area contributed by atoms with Gasteiger partial charge in [-0.05, 0) is 56.1 Å². The van der Waals surface area contributed by atoms with Gasteiger partial charge >= 0.3 is 0 Å². The molecule has 2 nitrogen and oxygen atoms in total. The summed E-state index contributed by atoms with van der Waals surface area (Å²) < 4.78 is 14.2. The van der Waals surface area contributed by atoms with Crippen LogP contribution in [0.2, 0.25) is 0 Å². The van der Waals surface area contributed by atoms with Crippen molar-refractivity contribution in [3.05, 3.63) is 51.2 Å². The van der Waals surface area contributed by atoms with Gasteiger partial charge in [0.25, 0.3) is 0 Å². The Labute approximate surface area is 119 Å². The third-order valence-corrected chi connectivity index (χ3v) is 3.71. The van der Waals surface area contributed by atoms with Crippen LogP contribution < -0.4 is 0 Å². The number of benzene rings is 1. The fraction of sp³-hybridized carbons (Fsp3) is 0.0909. The SMILES string of the molecule is Fc1ccc(SCc2nc(Br)cc(Br)n2)cc1. The highest BCUT2D eigenvalue weighted by Gasteiger charge is 2.02. The molecule has 1 aromatic heterocycles. The van der Waals surface area contributed by atoms with Gasteiger partial charge in [0, 0.05) is 11.0 Å². The molecule has 0 N–H and O–H groups in total. The summed E-state index contributed by atoms with van der Waals surface area (Å²) >= 11 is 8.18. The largest absolute Gasteiger partial charge is 0.225 e. The molecule has 1 heterocycles. The zero-order valence-electron chi connectivity index (χ0n) is 8.53. The predicted octanol–water partition coefficient (Wildman–Crippen LogP) is 4.43. The van der Waals surface area contributed by atoms with Gasteiger partial charge in [0.2, 0.25) is 0 Å². The Balaban J connectivity index is 2.04. The Morgan fingerprint density at radius 3 is 2.24 bits per heavy atom. The van der Waals surface area contributed by atoms with Crippen LogP contribution in [0.25, 0.3) is 0 Å². The lowest BCUT2D eigenvalue weighted by molar-refractivity contribution is 0.626. The number of halogens is 3. The third-order valence-electron chi connectivity index (χ3n) is 1.89. The zero-order chi connectivity index (χ0) is 12.3. The zero-order valence-corrected chi connectivity index (χ0v) is 12.5. The van der Waals surface area contributed by atoms with E-state index in [0.29, 0.717) is 5.75 Å². The van der Waals surface area contributed by atoms with E-state index < -0.39 is 0 Å². The van der Waals surface area contributed by atoms with E-state index in [0.717, 1.165) is 19.9 Å². The average Bonchev–Trinajstić information content (AvgIpc) is 2.27. The van der Waals surface area contributed by atoms with Crippen molar-refractivity contribution in [2.75, 3.05) is 0 Å². The van der Waals surface area contributed by atoms with E-state index in [1.54, 1.807) is 30.0 Å². The number of nitrogens with zero attached hydrogens (tertiary/aromatic N) is 2. The second kappa shape index (κ2) is 5.93. The monoisotopic (exact) mass is 376 g/mol. The first-order chi connectivity index (χ1) is 8.13. The van der Waals surface area contributed by atoms with Gasteiger partial charge < -0.3 is 0 Å². The summed E-state index contributed by atoms with van der Waals surface area (Å²) in [5.74, 6) is 1.14. The van der Waals surface area contributed by atoms with Crippen molar-refractivity contribution in [1.82, 2.24) is 9.97 Å². The molecule has 0 aliphatic carbocycles. The number of thioether (sulfide) groups is 1. The minimum absolute atomic E-state index is 0.226. The second-order valence-electron chi connectivity index (χ2n) is 3.17. The smallest absolute Gasteiger partial charge is 0.141 e. The minimum Gasteiger partial charge on any atom is -0.225 e. The van der Waals surface area contributed by atoms with Gasteiger partial charge in [-0.2, -0.15) is 0 Å². The first-order valence-corrected chi connectivity index (χ1v) is 7.28. The minimum atomic E-state index is -0.226. The van der Waals surface area contributed by atoms with Crippen molar-refractivity contribution >= 4 is 43.6 Å². The van der Waals surface area contributed by atoms with Crippen LogP contribution in [-0.2, 0) is 5.75 Å². The second-order valence-corrected chi connectivity index (χ2v) is 5.85. The molecule has 0 atom stereocenters. The molecule has 17 heavy (non-hydrogen) atoms. The molecule has 88 valence electrons. The molecule has 0 saturated heterocycles. The molecule has 2 rings (SSSR count). The molecule has 0 aliphatic rings. The van der Waals surface area contributed by atoms with Crippen LogP contribution in [0.5, 0.6) is 0 Å². The number of rotatable bonds is 3. The summed E-state index contributed by atoms with van der Waals surface area (Å²) in [5.41, 5.74) is 0. The molecular formula is C11H7Br2FN2S. The van der Waals surface area contributed by atoms with Crippen molar-refractivity contribution in [3.63, 3.8) is 0 Å². The summed E-state index contributed by atoms with van der Waals surface area (Å²) in [6.45, 7) is 0. The maximum absolute atomic E-state index is 12.7. The molecule has 1 aromatic carbocycles. The predicted molar refractivity (Wildman–Crippen MR) is 73.4 cm³/mol. The van der Waals surface area contributed by atoms with Gasteiger partial charge in [0.05, 0.1) is 5.75 Å². The van der Waals surface area contributed by atoms with E-state index in [4.69, 9.17) is 0 Å². The normalized spacial score (nSPS) is 10.5. The molecule has 2 aromatic rings. The average molecular weight is 378 g/mol. The summed E-state index contributed by atoms with van der Waals surface area (Å²) in [5, 5.41) is 0. The van der Waals surface area contributed by atoms with Crippen molar-refractivity contribution < 1.29 is 4.39 Å². The van der Waals surface area contributed by atoms with Crippen LogP contribution in [0.3, 0.4) is 0 Å². The number of aromatic nitrogens is 2. The van der Waals surface area contributed by atoms with Crippen molar-refractivity contribution in [1.29, 1.82) is 0 Å². The molecule has 6 heteroatoms. The number of hydrogen-bond donors (Lipinski definition) is 0. The quantitative estimate of drug-likeness (QED) is 0.584. The molecule has 0 bridgehead atoms. The molecule has 0 unspecified atom stereocenters. The van der Waals surface area contributed by atoms with Crippen LogP contribution in [0, 0.1) is 5.82 Å². The van der Waals surface area contributed by atoms with Gasteiger partial charge in [0.15, 0.2) is 0 Å². The van der Waals surface area contributed by atoms with Gasteiger partial charge in [-0.15, -0.1) is 11.8 Å². The van der Waals surface area contributed by atoms with Gasteiger partial charge in [-0.3, -0.25) is 0 Å². The fourth-order valence-electron chi connectivity index (χ4n) is 1.18. The van der Waals surface area contributed by atoms with Crippen LogP contribution in [0.4, 0.5) is 4.39 Å². The van der Waals surface area contributed by atoms with Gasteiger partial charge in [0.1, 0.15) is 20.8 Å². The van der Waals surface area contributed by atoms with Crippen molar-refractivity contribution in [2.45, 2.75) is 10.6 Å². The fourth-order valence-corrected chi connectivity index (χ4v) is 3.08. The molecular weight excluding hydrogens is 371 g/mol. The molecule has 0 saturated carbocycles. The summed E-state index contributed by atoms with van der Waals surface area (Å²) in [4.78, 5) is 9.49. The van der Waals surface area contributed by atoms with E-state index in [1.807, 2.05) is 0 Å². The first kappa shape index (κ1) is 13.0. The lowest BCUT2D eigenvalue weighted by Crippen LogP contribution is -1.93. The van der Waals surface area contributed by atoms with Crippen LogP contribution in [-0.4, -0.2) is 9.97 Å². The Morgan fingerprint density at radius 2 is 1.65 bits per heavy atom. The Bertz CT molecular complexity index is 499. The van der Waals surface area contributed by atoms with Crippen LogP contribution in [0.15, 0.2) is 44.4 Å². The van der Waals surface area contributed by atoms with Crippen molar-refractivity contribution in [3.8, 4) is 0 Å². The third kappa shape index (κ3) is 4.04. The lowest BCUT2D eigenvalue weighted by Gasteiger charge is -2.02. The van der Waals surface area contributed by atoms with Crippen molar-refractivity contribution in [2.24, 2.45) is 0 Å². The maximum Gasteiger partial charge on any atom is 0.141 e. The Hall–Kier alpha value is -0.460. The van der Waals surface area contributed by atoms with E-state index in [-0.39, 0.29) is 5.82 Å². The molecule has 0 radical (unpaired) electrons. The maximum atomic E-state index is 12.7. The summed E-state index contributed by atoms with van der Waals surface area (Å²) in [6, 6.07) is 8.16. The Kier molecular flexibility index (Phi) is 4.53. The van der Waals surface area contributed by atoms with Gasteiger partial charge in [-0.25, -0.2) is 14.4 Å². The van der Waals surface area contributed by atoms with Crippen LogP contribution in [0.1, 0.15) is 5.82 Å². The summed E-state index contributed by atoms with van der Waals surface area (Å²) in [7, 11) is 0. The highest BCUT2D eigenvalue weighted by Crippen LogP contribution is 2.23. The van der Waals surface area contributed by atoms with E-state index >= 15 is 0 Å². The van der Waals surface area contributed by atoms with E-state index in [1.165, 1.54) is 12.1 Å². The molecule has 0 fully saturated rings. The molecule has 0 spiro atoms. The highest BCUT2D eigenvalue weighted by atomic mass is 79.9. The number of hydrogen-bond acceptors (Lipinski definition) is 3. The Morgan fingerprint density at radius 1 is 1.06 bits per heavy atom. The molecule has 0 amide bonds. The van der Waals surface area contributed by atoms with Crippen LogP contribution >= 0.6 is 43.6 Å². The first-order valence-electron chi connectivity index (χ1n) is 4.71.